The first-order valence-electron chi connectivity index (χ1n) is 7.68. The maximum Gasteiger partial charge on any atom is 0.249 e. The Labute approximate surface area is 130 Å². The average molecular weight is 305 g/mol. The molecular formula is C16H23N3O3. The molecular weight excluding hydrogens is 282 g/mol. The normalized spacial score (nSPS) is 14.0. The second-order valence-electron chi connectivity index (χ2n) is 5.96. The monoisotopic (exact) mass is 305 g/mol. The lowest BCUT2D eigenvalue weighted by molar-refractivity contribution is -0.123. The Balaban J connectivity index is 2.17. The van der Waals surface area contributed by atoms with Crippen LogP contribution in [0.15, 0.2) is 27.3 Å². The minimum atomic E-state index is -0.285. The molecule has 2 aromatic heterocycles. The van der Waals surface area contributed by atoms with Crippen molar-refractivity contribution in [2.75, 3.05) is 0 Å². The molecule has 6 nitrogen and oxygen atoms in total. The van der Waals surface area contributed by atoms with Crippen LogP contribution in [-0.4, -0.2) is 16.0 Å². The number of hydrogen-bond donors (Lipinski definition) is 1. The largest absolute Gasteiger partial charge is 0.461 e. The Bertz CT molecular complexity index is 590. The summed E-state index contributed by atoms with van der Waals surface area (Å²) in [6.07, 6.45) is 2.93. The summed E-state index contributed by atoms with van der Waals surface area (Å²) in [6, 6.07) is 3.25. The van der Waals surface area contributed by atoms with Crippen molar-refractivity contribution in [1.82, 2.24) is 15.5 Å². The van der Waals surface area contributed by atoms with Crippen molar-refractivity contribution in [2.24, 2.45) is 11.8 Å². The number of aromatic nitrogens is 2. The van der Waals surface area contributed by atoms with Crippen LogP contribution in [0, 0.1) is 11.8 Å². The number of amides is 1. The number of carbonyl (C=O) groups excluding carboxylic acids is 1. The Morgan fingerprint density at radius 1 is 1.36 bits per heavy atom. The molecule has 0 spiro atoms. The van der Waals surface area contributed by atoms with E-state index in [2.05, 4.69) is 29.3 Å². The first-order valence-corrected chi connectivity index (χ1v) is 7.68. The summed E-state index contributed by atoms with van der Waals surface area (Å²) in [4.78, 5) is 16.4. The van der Waals surface area contributed by atoms with E-state index in [0.29, 0.717) is 29.8 Å². The van der Waals surface area contributed by atoms with Gasteiger partial charge < -0.3 is 14.3 Å². The van der Waals surface area contributed by atoms with Gasteiger partial charge in [-0.15, -0.1) is 0 Å². The zero-order valence-corrected chi connectivity index (χ0v) is 13.5. The summed E-state index contributed by atoms with van der Waals surface area (Å²) in [6.45, 7) is 8.15. The topological polar surface area (TPSA) is 81.2 Å². The van der Waals surface area contributed by atoms with E-state index >= 15 is 0 Å². The van der Waals surface area contributed by atoms with Crippen molar-refractivity contribution in [2.45, 2.75) is 46.6 Å². The van der Waals surface area contributed by atoms with Crippen LogP contribution in [0.2, 0.25) is 0 Å². The zero-order chi connectivity index (χ0) is 16.1. The highest BCUT2D eigenvalue weighted by atomic mass is 16.5. The lowest BCUT2D eigenvalue weighted by Crippen LogP contribution is -2.33. The number of furan rings is 1. The van der Waals surface area contributed by atoms with E-state index in [1.807, 2.05) is 13.8 Å². The molecule has 0 saturated carbocycles. The minimum absolute atomic E-state index is 0.00181. The molecule has 0 aromatic carbocycles. The number of nitrogens with one attached hydrogen (secondary N) is 1. The van der Waals surface area contributed by atoms with Crippen molar-refractivity contribution in [1.29, 1.82) is 0 Å². The van der Waals surface area contributed by atoms with Gasteiger partial charge >= 0.3 is 0 Å². The average Bonchev–Trinajstić information content (AvgIpc) is 3.13. The van der Waals surface area contributed by atoms with Crippen LogP contribution >= 0.6 is 0 Å². The molecule has 2 atom stereocenters. The number of rotatable bonds is 7. The third kappa shape index (κ3) is 3.96. The SMILES string of the molecule is CC[C@@H](C)[C@H](NC(=O)CC(C)C)c1nc(-c2ccco2)no1. The Hall–Kier alpha value is -2.11. The highest BCUT2D eigenvalue weighted by molar-refractivity contribution is 5.76. The van der Waals surface area contributed by atoms with E-state index in [4.69, 9.17) is 8.94 Å². The second kappa shape index (κ2) is 7.24. The first-order chi connectivity index (χ1) is 10.5. The Kier molecular flexibility index (Phi) is 5.35. The molecule has 0 radical (unpaired) electrons. The van der Waals surface area contributed by atoms with Gasteiger partial charge in [-0.05, 0) is 24.0 Å². The molecule has 0 aliphatic heterocycles. The van der Waals surface area contributed by atoms with E-state index in [1.165, 1.54) is 0 Å². The molecule has 22 heavy (non-hydrogen) atoms. The van der Waals surface area contributed by atoms with Crippen LogP contribution in [0.3, 0.4) is 0 Å². The third-order valence-corrected chi connectivity index (χ3v) is 3.57. The van der Waals surface area contributed by atoms with Crippen molar-refractivity contribution >= 4 is 5.91 Å². The van der Waals surface area contributed by atoms with Gasteiger partial charge in [-0.2, -0.15) is 4.98 Å². The van der Waals surface area contributed by atoms with Gasteiger partial charge in [-0.3, -0.25) is 4.79 Å². The molecule has 120 valence electrons. The fourth-order valence-electron chi connectivity index (χ4n) is 2.15. The number of nitrogens with zero attached hydrogens (tertiary/aromatic N) is 2. The zero-order valence-electron chi connectivity index (χ0n) is 13.5. The fourth-order valence-corrected chi connectivity index (χ4v) is 2.15. The van der Waals surface area contributed by atoms with Crippen LogP contribution < -0.4 is 5.32 Å². The summed E-state index contributed by atoms with van der Waals surface area (Å²) >= 11 is 0. The molecule has 2 aromatic rings. The van der Waals surface area contributed by atoms with Gasteiger partial charge in [0, 0.05) is 6.42 Å². The van der Waals surface area contributed by atoms with E-state index < -0.39 is 0 Å². The maximum absolute atomic E-state index is 12.1. The quantitative estimate of drug-likeness (QED) is 0.845. The predicted octanol–water partition coefficient (Wildman–Crippen LogP) is 3.58. The molecule has 0 fully saturated rings. The first kappa shape index (κ1) is 16.3. The van der Waals surface area contributed by atoms with Crippen molar-refractivity contribution in [3.8, 4) is 11.6 Å². The number of hydrogen-bond acceptors (Lipinski definition) is 5. The van der Waals surface area contributed by atoms with Crippen LogP contribution in [0.1, 0.15) is 52.5 Å². The molecule has 0 aliphatic carbocycles. The second-order valence-corrected chi connectivity index (χ2v) is 5.96. The fraction of sp³-hybridized carbons (Fsp3) is 0.562. The standard InChI is InChI=1S/C16H23N3O3/c1-5-11(4)14(17-13(20)9-10(2)3)16-18-15(19-22-16)12-7-6-8-21-12/h6-8,10-11,14H,5,9H2,1-4H3,(H,17,20)/t11-,14+/m1/s1. The molecule has 0 unspecified atom stereocenters. The summed E-state index contributed by atoms with van der Waals surface area (Å²) < 4.78 is 10.6. The summed E-state index contributed by atoms with van der Waals surface area (Å²) in [5.74, 6) is 1.86. The number of carbonyl (C=O) groups is 1. The molecule has 6 heteroatoms. The lowest BCUT2D eigenvalue weighted by atomic mass is 9.98. The maximum atomic E-state index is 12.1. The van der Waals surface area contributed by atoms with Crippen LogP contribution in [0.5, 0.6) is 0 Å². The van der Waals surface area contributed by atoms with Crippen LogP contribution in [-0.2, 0) is 4.79 Å². The van der Waals surface area contributed by atoms with Gasteiger partial charge in [-0.25, -0.2) is 0 Å². The summed E-state index contributed by atoms with van der Waals surface area (Å²) in [5, 5.41) is 6.94. The van der Waals surface area contributed by atoms with E-state index in [9.17, 15) is 4.79 Å². The van der Waals surface area contributed by atoms with Gasteiger partial charge in [-0.1, -0.05) is 39.3 Å². The van der Waals surface area contributed by atoms with Crippen molar-refractivity contribution < 1.29 is 13.7 Å². The van der Waals surface area contributed by atoms with Crippen LogP contribution in [0.4, 0.5) is 0 Å². The van der Waals surface area contributed by atoms with Crippen LogP contribution in [0.25, 0.3) is 11.6 Å². The molecule has 0 aliphatic rings. The Morgan fingerprint density at radius 3 is 2.73 bits per heavy atom. The predicted molar refractivity (Wildman–Crippen MR) is 81.8 cm³/mol. The Morgan fingerprint density at radius 2 is 2.14 bits per heavy atom. The lowest BCUT2D eigenvalue weighted by Gasteiger charge is -2.21. The molecule has 0 bridgehead atoms. The smallest absolute Gasteiger partial charge is 0.249 e. The van der Waals surface area contributed by atoms with Crippen molar-refractivity contribution in [3.05, 3.63) is 24.3 Å². The highest BCUT2D eigenvalue weighted by Crippen LogP contribution is 2.26. The molecule has 0 saturated heterocycles. The van der Waals surface area contributed by atoms with Gasteiger partial charge in [0.2, 0.25) is 17.6 Å². The van der Waals surface area contributed by atoms with Gasteiger partial charge in [0.1, 0.15) is 6.04 Å². The van der Waals surface area contributed by atoms with E-state index in [-0.39, 0.29) is 17.9 Å². The molecule has 2 rings (SSSR count). The summed E-state index contributed by atoms with van der Waals surface area (Å²) in [5.41, 5.74) is 0. The van der Waals surface area contributed by atoms with Gasteiger partial charge in [0.25, 0.3) is 0 Å². The summed E-state index contributed by atoms with van der Waals surface area (Å²) in [7, 11) is 0. The highest BCUT2D eigenvalue weighted by Gasteiger charge is 2.27. The van der Waals surface area contributed by atoms with E-state index in [1.54, 1.807) is 18.4 Å². The van der Waals surface area contributed by atoms with E-state index in [0.717, 1.165) is 6.42 Å². The van der Waals surface area contributed by atoms with Crippen molar-refractivity contribution in [3.63, 3.8) is 0 Å². The molecule has 1 amide bonds. The van der Waals surface area contributed by atoms with Gasteiger partial charge in [0.15, 0.2) is 5.76 Å². The molecule has 1 N–H and O–H groups in total. The minimum Gasteiger partial charge on any atom is -0.461 e. The third-order valence-electron chi connectivity index (χ3n) is 3.57. The van der Waals surface area contributed by atoms with Gasteiger partial charge in [0.05, 0.1) is 6.26 Å². The molecule has 2 heterocycles.